The molecular formula is C38H41N5O5. The number of furan rings is 1. The van der Waals surface area contributed by atoms with Crippen LogP contribution in [0.25, 0.3) is 22.3 Å². The van der Waals surface area contributed by atoms with Crippen molar-refractivity contribution in [1.29, 1.82) is 0 Å². The number of pyridine rings is 2. The first-order valence-corrected chi connectivity index (χ1v) is 16.4. The van der Waals surface area contributed by atoms with Crippen molar-refractivity contribution < 1.29 is 18.7 Å². The minimum atomic E-state index is -1.16. The van der Waals surface area contributed by atoms with Crippen LogP contribution in [0.3, 0.4) is 0 Å². The van der Waals surface area contributed by atoms with Gasteiger partial charge in [-0.05, 0) is 82.1 Å². The van der Waals surface area contributed by atoms with Crippen LogP contribution >= 0.6 is 0 Å². The molecule has 1 atom stereocenters. The summed E-state index contributed by atoms with van der Waals surface area (Å²) in [6.45, 7) is 7.36. The number of rotatable bonds is 12. The molecule has 2 amide bonds. The molecule has 0 saturated carbocycles. The van der Waals surface area contributed by atoms with Crippen molar-refractivity contribution in [3.05, 3.63) is 107 Å². The quantitative estimate of drug-likeness (QED) is 0.127. The summed E-state index contributed by atoms with van der Waals surface area (Å²) in [7, 11) is 1.70. The first-order valence-electron chi connectivity index (χ1n) is 16.4. The smallest absolute Gasteiger partial charge is 0.261 e. The molecule has 248 valence electrons. The minimum absolute atomic E-state index is 0.00657. The molecule has 10 nitrogen and oxygen atoms in total. The van der Waals surface area contributed by atoms with Gasteiger partial charge in [0.2, 0.25) is 11.8 Å². The fraction of sp³-hybridized carbons (Fsp3) is 0.316. The van der Waals surface area contributed by atoms with Crippen LogP contribution in [0.4, 0.5) is 11.4 Å². The number of nitrogens with one attached hydrogen (secondary N) is 1. The largest absolute Gasteiger partial charge is 0.493 e. The number of benzene rings is 2. The van der Waals surface area contributed by atoms with E-state index in [1.54, 1.807) is 53.9 Å². The molecule has 3 aromatic heterocycles. The Morgan fingerprint density at radius 2 is 1.71 bits per heavy atom. The van der Waals surface area contributed by atoms with E-state index in [4.69, 9.17) is 9.15 Å². The predicted molar refractivity (Wildman–Crippen MR) is 187 cm³/mol. The van der Waals surface area contributed by atoms with Crippen molar-refractivity contribution >= 4 is 34.2 Å². The van der Waals surface area contributed by atoms with E-state index in [2.05, 4.69) is 10.3 Å². The third kappa shape index (κ3) is 6.48. The third-order valence-corrected chi connectivity index (χ3v) is 9.00. The third-order valence-electron chi connectivity index (χ3n) is 9.00. The summed E-state index contributed by atoms with van der Waals surface area (Å²) >= 11 is 0. The first-order chi connectivity index (χ1) is 23.2. The molecule has 5 aromatic rings. The van der Waals surface area contributed by atoms with Crippen LogP contribution in [0, 0.1) is 5.41 Å². The molecule has 6 rings (SSSR count). The number of hydrogen-bond acceptors (Lipinski definition) is 7. The van der Waals surface area contributed by atoms with Gasteiger partial charge in [0.1, 0.15) is 22.5 Å². The van der Waals surface area contributed by atoms with E-state index < -0.39 is 5.41 Å². The Bertz CT molecular complexity index is 1970. The van der Waals surface area contributed by atoms with Crippen LogP contribution in [-0.2, 0) is 16.1 Å². The molecule has 1 N–H and O–H groups in total. The summed E-state index contributed by atoms with van der Waals surface area (Å²) in [5.41, 5.74) is 2.70. The van der Waals surface area contributed by atoms with Crippen LogP contribution in [0.1, 0.15) is 45.2 Å². The maximum Gasteiger partial charge on any atom is 0.261 e. The van der Waals surface area contributed by atoms with Crippen LogP contribution in [0.5, 0.6) is 5.75 Å². The van der Waals surface area contributed by atoms with Gasteiger partial charge in [0.05, 0.1) is 23.4 Å². The number of hydrogen-bond donors (Lipinski definition) is 1. The molecule has 0 fully saturated rings. The minimum Gasteiger partial charge on any atom is -0.493 e. The second-order valence-corrected chi connectivity index (χ2v) is 12.5. The molecule has 48 heavy (non-hydrogen) atoms. The van der Waals surface area contributed by atoms with Gasteiger partial charge < -0.3 is 28.8 Å². The van der Waals surface area contributed by atoms with E-state index in [1.165, 1.54) is 0 Å². The normalized spacial score (nSPS) is 15.0. The molecule has 1 aliphatic heterocycles. The Labute approximate surface area is 279 Å². The van der Waals surface area contributed by atoms with E-state index in [-0.39, 0.29) is 23.4 Å². The first kappa shape index (κ1) is 32.7. The number of nitrogens with zero attached hydrogens (tertiary/aromatic N) is 4. The fourth-order valence-electron chi connectivity index (χ4n) is 6.26. The van der Waals surface area contributed by atoms with Crippen molar-refractivity contribution in [3.63, 3.8) is 0 Å². The number of aromatic nitrogens is 2. The lowest BCUT2D eigenvalue weighted by Gasteiger charge is -2.27. The molecule has 0 bridgehead atoms. The average molecular weight is 648 g/mol. The number of aryl methyl sites for hydroxylation is 1. The predicted octanol–water partition coefficient (Wildman–Crippen LogP) is 6.20. The molecule has 0 aliphatic carbocycles. The number of anilines is 2. The van der Waals surface area contributed by atoms with Gasteiger partial charge in [0, 0.05) is 56.4 Å². The van der Waals surface area contributed by atoms with Crippen LogP contribution < -0.4 is 25.4 Å². The van der Waals surface area contributed by atoms with Gasteiger partial charge in [-0.15, -0.1) is 0 Å². The fourth-order valence-corrected chi connectivity index (χ4v) is 6.26. The van der Waals surface area contributed by atoms with Gasteiger partial charge >= 0.3 is 0 Å². The zero-order valence-corrected chi connectivity index (χ0v) is 27.8. The zero-order chi connectivity index (χ0) is 33.8. The Kier molecular flexibility index (Phi) is 9.45. The van der Waals surface area contributed by atoms with Gasteiger partial charge in [-0.25, -0.2) is 0 Å². The highest BCUT2D eigenvalue weighted by atomic mass is 16.5. The maximum absolute atomic E-state index is 13.4. The second-order valence-electron chi connectivity index (χ2n) is 12.5. The molecule has 10 heteroatoms. The van der Waals surface area contributed by atoms with E-state index in [9.17, 15) is 14.4 Å². The average Bonchev–Trinajstić information content (AvgIpc) is 3.54. The number of carbonyl (C=O) groups excluding carboxylic acids is 2. The lowest BCUT2D eigenvalue weighted by Crippen LogP contribution is -2.47. The van der Waals surface area contributed by atoms with Crippen molar-refractivity contribution in [2.75, 3.05) is 36.5 Å². The standard InChI is InChI=1S/C38H41N5O5/c1-5-43-31-13-12-28(24-32(31)41(4)36(45)38(2,3)37(43)46)47-23-9-18-40-30(26-14-19-39-20-15-26)16-21-42-22-17-33-29(35(42)44)25-34(48-33)27-10-7-6-8-11-27/h6-8,10-15,17,19-20,22,24-25,30,40H,5,9,16,18,21,23H2,1-4H3. The summed E-state index contributed by atoms with van der Waals surface area (Å²) < 4.78 is 13.8. The molecule has 0 radical (unpaired) electrons. The lowest BCUT2D eigenvalue weighted by molar-refractivity contribution is -0.137. The Hall–Kier alpha value is -5.22. The molecule has 0 spiro atoms. The van der Waals surface area contributed by atoms with E-state index >= 15 is 0 Å². The Balaban J connectivity index is 1.09. The van der Waals surface area contributed by atoms with E-state index in [0.717, 1.165) is 17.5 Å². The summed E-state index contributed by atoms with van der Waals surface area (Å²) in [6.07, 6.45) is 6.76. The van der Waals surface area contributed by atoms with Gasteiger partial charge in [-0.1, -0.05) is 30.3 Å². The molecule has 1 unspecified atom stereocenters. The maximum atomic E-state index is 13.4. The highest BCUT2D eigenvalue weighted by Crippen LogP contribution is 2.40. The summed E-state index contributed by atoms with van der Waals surface area (Å²) in [6, 6.07) is 22.9. The number of ether oxygens (including phenoxy) is 1. The molecule has 2 aromatic carbocycles. The second kappa shape index (κ2) is 13.9. The van der Waals surface area contributed by atoms with Crippen molar-refractivity contribution in [2.24, 2.45) is 5.41 Å². The number of carbonyl (C=O) groups is 2. The number of amides is 2. The summed E-state index contributed by atoms with van der Waals surface area (Å²) in [5.74, 6) is 0.837. The van der Waals surface area contributed by atoms with Crippen molar-refractivity contribution in [3.8, 4) is 17.1 Å². The number of fused-ring (bicyclic) bond motifs is 2. The van der Waals surface area contributed by atoms with Gasteiger partial charge in [0.25, 0.3) is 5.56 Å². The zero-order valence-electron chi connectivity index (χ0n) is 27.8. The SMILES string of the molecule is CCN1C(=O)C(C)(C)C(=O)N(C)c2cc(OCCCNC(CCn3ccc4oc(-c5ccccc5)cc4c3=O)c3ccncc3)ccc21. The highest BCUT2D eigenvalue weighted by molar-refractivity contribution is 6.20. The topological polar surface area (TPSA) is 110 Å². The lowest BCUT2D eigenvalue weighted by atomic mass is 9.90. The van der Waals surface area contributed by atoms with Crippen LogP contribution in [-0.4, -0.2) is 48.1 Å². The Morgan fingerprint density at radius 3 is 2.46 bits per heavy atom. The monoisotopic (exact) mass is 647 g/mol. The highest BCUT2D eigenvalue weighted by Gasteiger charge is 2.45. The summed E-state index contributed by atoms with van der Waals surface area (Å²) in [4.78, 5) is 47.1. The van der Waals surface area contributed by atoms with Gasteiger partial charge in [-0.3, -0.25) is 19.4 Å². The summed E-state index contributed by atoms with van der Waals surface area (Å²) in [5, 5.41) is 4.20. The van der Waals surface area contributed by atoms with Crippen LogP contribution in [0.2, 0.25) is 0 Å². The van der Waals surface area contributed by atoms with Crippen LogP contribution in [0.15, 0.2) is 101 Å². The van der Waals surface area contributed by atoms with Gasteiger partial charge in [0.15, 0.2) is 0 Å². The van der Waals surface area contributed by atoms with Crippen molar-refractivity contribution in [1.82, 2.24) is 14.9 Å². The van der Waals surface area contributed by atoms with E-state index in [1.807, 2.05) is 79.7 Å². The molecule has 0 saturated heterocycles. The Morgan fingerprint density at radius 1 is 0.938 bits per heavy atom. The van der Waals surface area contributed by atoms with Gasteiger partial charge in [-0.2, -0.15) is 0 Å². The molecule has 4 heterocycles. The molecular weight excluding hydrogens is 606 g/mol. The van der Waals surface area contributed by atoms with E-state index in [0.29, 0.717) is 66.5 Å². The van der Waals surface area contributed by atoms with Crippen molar-refractivity contribution in [2.45, 2.75) is 46.2 Å². The molecule has 1 aliphatic rings.